The summed E-state index contributed by atoms with van der Waals surface area (Å²) < 4.78 is 63.2. The second kappa shape index (κ2) is 13.3. The van der Waals surface area contributed by atoms with Crippen LogP contribution in [0.2, 0.25) is 0 Å². The van der Waals surface area contributed by atoms with Gasteiger partial charge in [-0.1, -0.05) is 0 Å². The van der Waals surface area contributed by atoms with Gasteiger partial charge in [0.05, 0.1) is 13.2 Å². The summed E-state index contributed by atoms with van der Waals surface area (Å²) in [6.45, 7) is 0.573. The molecule has 0 aromatic heterocycles. The van der Waals surface area contributed by atoms with E-state index in [0.29, 0.717) is 0 Å². The van der Waals surface area contributed by atoms with Crippen LogP contribution in [0.15, 0.2) is 0 Å². The normalized spacial score (nSPS) is 41.4. The maximum atomic E-state index is 6.45. The van der Waals surface area contributed by atoms with Crippen molar-refractivity contribution in [2.24, 2.45) is 0 Å². The van der Waals surface area contributed by atoms with E-state index in [1.165, 1.54) is 0 Å². The number of rotatable bonds is 12. The molecule has 2 aliphatic rings. The van der Waals surface area contributed by atoms with E-state index in [1.54, 1.807) is 56.9 Å². The number of hydrogen-bond acceptors (Lipinski definition) is 11. The number of hydrogen-bond donors (Lipinski definition) is 0. The first-order valence-electron chi connectivity index (χ1n) is 10.2. The van der Waals surface area contributed by atoms with Crippen molar-refractivity contribution in [2.45, 2.75) is 61.4 Å². The highest BCUT2D eigenvalue weighted by Crippen LogP contribution is 2.33. The summed E-state index contributed by atoms with van der Waals surface area (Å²) in [6, 6.07) is 0. The molecule has 2 fully saturated rings. The maximum Gasteiger partial charge on any atom is 0.187 e. The van der Waals surface area contributed by atoms with Crippen molar-refractivity contribution in [2.75, 3.05) is 70.1 Å². The molecule has 0 unspecified atom stereocenters. The minimum atomic E-state index is -0.819. The molecule has 0 radical (unpaired) electrons. The summed E-state index contributed by atoms with van der Waals surface area (Å²) in [5, 5.41) is 0. The largest absolute Gasteiger partial charge is 0.382 e. The fourth-order valence-corrected chi connectivity index (χ4v) is 4.30. The van der Waals surface area contributed by atoms with Crippen LogP contribution >= 0.6 is 0 Å². The highest BCUT2D eigenvalue weighted by molar-refractivity contribution is 4.96. The van der Waals surface area contributed by atoms with Gasteiger partial charge >= 0.3 is 0 Å². The Hall–Kier alpha value is -0.440. The van der Waals surface area contributed by atoms with Crippen LogP contribution in [0.5, 0.6) is 0 Å². The van der Waals surface area contributed by atoms with Gasteiger partial charge in [0.25, 0.3) is 0 Å². The zero-order chi connectivity index (χ0) is 23.0. The van der Waals surface area contributed by atoms with Crippen molar-refractivity contribution in [3.8, 4) is 0 Å². The van der Waals surface area contributed by atoms with Gasteiger partial charge in [-0.15, -0.1) is 0 Å². The van der Waals surface area contributed by atoms with E-state index >= 15 is 0 Å². The zero-order valence-electron chi connectivity index (χ0n) is 19.7. The Morgan fingerprint density at radius 3 is 1.29 bits per heavy atom. The van der Waals surface area contributed by atoms with Gasteiger partial charge < -0.3 is 52.1 Å². The predicted molar refractivity (Wildman–Crippen MR) is 107 cm³/mol. The summed E-state index contributed by atoms with van der Waals surface area (Å²) in [6.07, 6.45) is -5.56. The van der Waals surface area contributed by atoms with Crippen molar-refractivity contribution in [1.29, 1.82) is 0 Å². The van der Waals surface area contributed by atoms with Crippen LogP contribution in [0.3, 0.4) is 0 Å². The smallest absolute Gasteiger partial charge is 0.187 e. The van der Waals surface area contributed by atoms with Gasteiger partial charge in [-0.2, -0.15) is 0 Å². The minimum Gasteiger partial charge on any atom is -0.382 e. The van der Waals surface area contributed by atoms with E-state index in [0.717, 1.165) is 0 Å². The molecular formula is C20H38O11. The van der Waals surface area contributed by atoms with Crippen LogP contribution in [-0.4, -0.2) is 132 Å². The molecule has 11 nitrogen and oxygen atoms in total. The summed E-state index contributed by atoms with van der Waals surface area (Å²) in [4.78, 5) is 0. The lowest BCUT2D eigenvalue weighted by Crippen LogP contribution is -2.66. The fourth-order valence-electron chi connectivity index (χ4n) is 4.30. The summed E-state index contributed by atoms with van der Waals surface area (Å²) in [5.74, 6) is 0. The molecule has 0 spiro atoms. The molecule has 2 aliphatic heterocycles. The molecule has 10 atom stereocenters. The molecule has 31 heavy (non-hydrogen) atoms. The van der Waals surface area contributed by atoms with Gasteiger partial charge in [-0.3, -0.25) is 0 Å². The van der Waals surface area contributed by atoms with Crippen molar-refractivity contribution in [3.63, 3.8) is 0 Å². The average molecular weight is 455 g/mol. The molecule has 2 saturated heterocycles. The second-order valence-corrected chi connectivity index (χ2v) is 7.33. The maximum absolute atomic E-state index is 6.45. The highest BCUT2D eigenvalue weighted by Gasteiger charge is 2.53. The molecular weight excluding hydrogens is 416 g/mol. The molecule has 184 valence electrons. The lowest BCUT2D eigenvalue weighted by molar-refractivity contribution is -0.366. The molecule has 2 rings (SSSR count). The van der Waals surface area contributed by atoms with Crippen LogP contribution in [0.1, 0.15) is 0 Å². The first-order chi connectivity index (χ1) is 15.0. The van der Waals surface area contributed by atoms with Crippen molar-refractivity contribution < 1.29 is 52.1 Å². The van der Waals surface area contributed by atoms with Gasteiger partial charge in [-0.05, 0) is 0 Å². The van der Waals surface area contributed by atoms with E-state index in [4.69, 9.17) is 52.1 Å². The third-order valence-electron chi connectivity index (χ3n) is 5.73. The number of methoxy groups -OCH3 is 8. The van der Waals surface area contributed by atoms with Crippen molar-refractivity contribution in [1.82, 2.24) is 0 Å². The van der Waals surface area contributed by atoms with Crippen LogP contribution in [0.25, 0.3) is 0 Å². The van der Waals surface area contributed by atoms with Gasteiger partial charge in [0.2, 0.25) is 0 Å². The van der Waals surface area contributed by atoms with Crippen molar-refractivity contribution in [3.05, 3.63) is 0 Å². The standard InChI is InChI=1S/C20H38O11/c1-21-9-11-13(23-3)15(25-5)17(26-6)20(30-11)31-16-14(24-4)12(10-22-2)29-19(28-8)18(16)27-7/h11-20H,9-10H2,1-8H3/t11-,12-,13-,14-,15+,16+,17-,18-,19+,20+/m1/s1. The molecule has 11 heteroatoms. The first-order valence-corrected chi connectivity index (χ1v) is 10.2. The zero-order valence-corrected chi connectivity index (χ0v) is 19.7. The highest BCUT2D eigenvalue weighted by atomic mass is 16.8. The molecule has 0 saturated carbocycles. The Kier molecular flexibility index (Phi) is 11.5. The molecule has 0 bridgehead atoms. The third kappa shape index (κ3) is 5.92. The topological polar surface area (TPSA) is 102 Å². The Bertz CT molecular complexity index is 496. The first kappa shape index (κ1) is 26.8. The SMILES string of the molecule is COC[C@H]1O[C@@H](O[C@@H]2[C@@H](OC)[C@@H](OC)O[C@H](COC)[C@H]2OC)[C@H](OC)[C@@H](OC)[C@@H]1OC. The van der Waals surface area contributed by atoms with E-state index in [1.807, 2.05) is 0 Å². The molecule has 0 amide bonds. The number of ether oxygens (including phenoxy) is 11. The fraction of sp³-hybridized carbons (Fsp3) is 1.00. The molecule has 0 aliphatic carbocycles. The van der Waals surface area contributed by atoms with Crippen molar-refractivity contribution >= 4 is 0 Å². The molecule has 0 N–H and O–H groups in total. The molecule has 0 aromatic carbocycles. The van der Waals surface area contributed by atoms with Crippen LogP contribution in [-0.2, 0) is 52.1 Å². The van der Waals surface area contributed by atoms with E-state index in [-0.39, 0.29) is 13.2 Å². The van der Waals surface area contributed by atoms with Crippen LogP contribution in [0, 0.1) is 0 Å². The Labute approximate surface area is 184 Å². The minimum absolute atomic E-state index is 0.284. The summed E-state index contributed by atoms with van der Waals surface area (Å²) >= 11 is 0. The Balaban J connectivity index is 2.34. The quantitative estimate of drug-likeness (QED) is 0.393. The molecule has 0 aromatic rings. The van der Waals surface area contributed by atoms with Gasteiger partial charge in [0.1, 0.15) is 48.8 Å². The van der Waals surface area contributed by atoms with E-state index in [2.05, 4.69) is 0 Å². The Morgan fingerprint density at radius 2 is 0.871 bits per heavy atom. The lowest BCUT2D eigenvalue weighted by atomic mass is 9.96. The Morgan fingerprint density at radius 1 is 0.452 bits per heavy atom. The summed E-state index contributed by atoms with van der Waals surface area (Å²) in [7, 11) is 12.6. The van der Waals surface area contributed by atoms with Gasteiger partial charge in [0.15, 0.2) is 12.6 Å². The van der Waals surface area contributed by atoms with Crippen LogP contribution < -0.4 is 0 Å². The van der Waals surface area contributed by atoms with Crippen LogP contribution in [0.4, 0.5) is 0 Å². The lowest BCUT2D eigenvalue weighted by Gasteiger charge is -2.49. The molecule has 2 heterocycles. The predicted octanol–water partition coefficient (Wildman–Crippen LogP) is -0.164. The second-order valence-electron chi connectivity index (χ2n) is 7.33. The third-order valence-corrected chi connectivity index (χ3v) is 5.73. The van der Waals surface area contributed by atoms with Gasteiger partial charge in [0, 0.05) is 56.9 Å². The van der Waals surface area contributed by atoms with E-state index < -0.39 is 61.4 Å². The average Bonchev–Trinajstić information content (AvgIpc) is 2.78. The monoisotopic (exact) mass is 454 g/mol. The van der Waals surface area contributed by atoms with E-state index in [9.17, 15) is 0 Å². The van der Waals surface area contributed by atoms with Gasteiger partial charge in [-0.25, -0.2) is 0 Å². The summed E-state index contributed by atoms with van der Waals surface area (Å²) in [5.41, 5.74) is 0.